The van der Waals surface area contributed by atoms with Crippen LogP contribution in [0.15, 0.2) is 54.9 Å². The van der Waals surface area contributed by atoms with Crippen molar-refractivity contribution >= 4 is 28.6 Å². The van der Waals surface area contributed by atoms with E-state index in [0.29, 0.717) is 17.5 Å². The van der Waals surface area contributed by atoms with E-state index in [2.05, 4.69) is 26.7 Å². The number of aromatic nitrogens is 4. The quantitative estimate of drug-likeness (QED) is 0.347. The molecule has 1 aliphatic carbocycles. The van der Waals surface area contributed by atoms with E-state index in [0.717, 1.165) is 35.3 Å². The molecular weight excluding hydrogens is 541 g/mol. The molecule has 3 N–H and O–H groups in total. The maximum absolute atomic E-state index is 14.6. The Labute approximate surface area is 239 Å². The minimum Gasteiger partial charge on any atom is -0.493 e. The molecule has 1 saturated carbocycles. The summed E-state index contributed by atoms with van der Waals surface area (Å²) in [5.41, 5.74) is 10.0. The van der Waals surface area contributed by atoms with Gasteiger partial charge in [0, 0.05) is 35.8 Å². The van der Waals surface area contributed by atoms with Gasteiger partial charge in [0.05, 0.1) is 31.1 Å². The summed E-state index contributed by atoms with van der Waals surface area (Å²) in [5.74, 6) is -0.479. The second kappa shape index (κ2) is 10.2. The maximum Gasteiger partial charge on any atom is 0.269 e. The van der Waals surface area contributed by atoms with E-state index in [-0.39, 0.29) is 43.1 Å². The molecule has 2 fully saturated rings. The van der Waals surface area contributed by atoms with Gasteiger partial charge in [-0.15, -0.1) is 0 Å². The summed E-state index contributed by atoms with van der Waals surface area (Å²) < 4.78 is 21.6. The van der Waals surface area contributed by atoms with Crippen LogP contribution >= 0.6 is 0 Å². The van der Waals surface area contributed by atoms with E-state index in [9.17, 15) is 18.8 Å². The first-order valence-electron chi connectivity index (χ1n) is 13.9. The number of ether oxygens (including phenoxy) is 1. The molecule has 214 valence electrons. The van der Waals surface area contributed by atoms with Gasteiger partial charge in [0.2, 0.25) is 11.8 Å². The molecule has 4 unspecified atom stereocenters. The third kappa shape index (κ3) is 4.72. The van der Waals surface area contributed by atoms with Crippen LogP contribution in [0, 0.1) is 0 Å². The molecule has 4 aromatic rings. The number of nitrogens with one attached hydrogen (secondary N) is 1. The van der Waals surface area contributed by atoms with Crippen LogP contribution in [0.1, 0.15) is 40.4 Å². The van der Waals surface area contributed by atoms with E-state index in [1.54, 1.807) is 30.6 Å². The summed E-state index contributed by atoms with van der Waals surface area (Å²) in [6.45, 7) is 0.221. The average Bonchev–Trinajstić information content (AvgIpc) is 3.29. The number of alkyl halides is 1. The fourth-order valence-corrected chi connectivity index (χ4v) is 6.09. The van der Waals surface area contributed by atoms with Crippen LogP contribution in [0.25, 0.3) is 22.0 Å². The smallest absolute Gasteiger partial charge is 0.269 e. The highest BCUT2D eigenvalue weighted by atomic mass is 19.1. The Balaban J connectivity index is 1.07. The van der Waals surface area contributed by atoms with Crippen molar-refractivity contribution in [1.82, 2.24) is 30.2 Å². The van der Waals surface area contributed by atoms with E-state index in [1.807, 2.05) is 18.2 Å². The third-order valence-corrected chi connectivity index (χ3v) is 8.32. The summed E-state index contributed by atoms with van der Waals surface area (Å²) >= 11 is 0. The molecule has 0 bridgehead atoms. The highest BCUT2D eigenvalue weighted by Crippen LogP contribution is 2.43. The lowest BCUT2D eigenvalue weighted by Gasteiger charge is -2.24. The van der Waals surface area contributed by atoms with Gasteiger partial charge in [0.15, 0.2) is 5.69 Å². The number of hydrogen-bond donors (Lipinski definition) is 2. The van der Waals surface area contributed by atoms with Gasteiger partial charge in [-0.2, -0.15) is 15.3 Å². The minimum atomic E-state index is -1.32. The summed E-state index contributed by atoms with van der Waals surface area (Å²) in [5, 5.41) is 15.5. The normalized spacial score (nSPS) is 22.5. The molecule has 4 heterocycles. The fraction of sp³-hybridized carbons (Fsp3) is 0.333. The molecule has 3 aliphatic rings. The highest BCUT2D eigenvalue weighted by Gasteiger charge is 2.45. The first-order valence-corrected chi connectivity index (χ1v) is 13.9. The number of carbonyl (C=O) groups excluding carboxylic acids is 3. The van der Waals surface area contributed by atoms with E-state index >= 15 is 0 Å². The Morgan fingerprint density at radius 1 is 1.07 bits per heavy atom. The van der Waals surface area contributed by atoms with Crippen molar-refractivity contribution in [3.05, 3.63) is 71.7 Å². The van der Waals surface area contributed by atoms with Gasteiger partial charge in [0.1, 0.15) is 24.5 Å². The molecule has 2 aliphatic heterocycles. The van der Waals surface area contributed by atoms with Gasteiger partial charge >= 0.3 is 0 Å². The zero-order valence-electron chi connectivity index (χ0n) is 22.6. The Hall–Kier alpha value is -4.87. The number of likely N-dealkylation sites (tertiary alicyclic amines) is 1. The van der Waals surface area contributed by atoms with Crippen LogP contribution in [0.3, 0.4) is 0 Å². The first-order chi connectivity index (χ1) is 20.4. The number of nitrogens with zero attached hydrogens (tertiary/aromatic N) is 5. The Bertz CT molecular complexity index is 1730. The number of amides is 3. The Morgan fingerprint density at radius 3 is 2.76 bits per heavy atom. The van der Waals surface area contributed by atoms with Crippen LogP contribution in [0.2, 0.25) is 0 Å². The van der Waals surface area contributed by atoms with Crippen LogP contribution in [0.5, 0.6) is 5.75 Å². The zero-order valence-corrected chi connectivity index (χ0v) is 22.6. The molecule has 42 heavy (non-hydrogen) atoms. The molecule has 0 radical (unpaired) electrons. The molecule has 12 heteroatoms. The SMILES string of the molecule is NC(=O)c1nn(CC(=O)N2CC(F)CC2C(=O)NC2CC2c2ccc3c(c2)CCO3)c2ccc(-c3ccnnc3)cc12. The Morgan fingerprint density at radius 2 is 1.95 bits per heavy atom. The van der Waals surface area contributed by atoms with E-state index in [4.69, 9.17) is 10.5 Å². The van der Waals surface area contributed by atoms with Crippen LogP contribution in [-0.4, -0.2) is 74.0 Å². The van der Waals surface area contributed by atoms with Crippen molar-refractivity contribution in [3.8, 4) is 16.9 Å². The number of primary amides is 1. The zero-order chi connectivity index (χ0) is 29.0. The van der Waals surface area contributed by atoms with Crippen molar-refractivity contribution in [2.75, 3.05) is 13.2 Å². The van der Waals surface area contributed by atoms with Gasteiger partial charge in [-0.3, -0.25) is 19.1 Å². The predicted molar refractivity (Wildman–Crippen MR) is 149 cm³/mol. The number of fused-ring (bicyclic) bond motifs is 2. The van der Waals surface area contributed by atoms with Crippen molar-refractivity contribution in [2.45, 2.75) is 50.0 Å². The second-order valence-corrected chi connectivity index (χ2v) is 11.1. The van der Waals surface area contributed by atoms with Crippen LogP contribution in [0.4, 0.5) is 4.39 Å². The number of benzene rings is 2. The molecule has 1 saturated heterocycles. The third-order valence-electron chi connectivity index (χ3n) is 8.32. The summed E-state index contributed by atoms with van der Waals surface area (Å²) in [4.78, 5) is 40.2. The Kier molecular flexibility index (Phi) is 6.33. The molecule has 4 atom stereocenters. The molecule has 0 spiro atoms. The lowest BCUT2D eigenvalue weighted by Crippen LogP contribution is -2.47. The molecule has 2 aromatic heterocycles. The number of nitrogens with two attached hydrogens (primary N) is 1. The number of carbonyl (C=O) groups is 3. The standard InChI is InChI=1S/C30H28FN7O4/c31-20-11-25(30(41)35-23-12-21(23)17-2-4-26-18(9-17)6-8-42-26)37(14-20)27(39)15-38-24-3-1-16(19-5-7-33-34-13-19)10-22(24)28(36-38)29(32)40/h1-5,7,9-10,13,20-21,23,25H,6,8,11-12,14-15H2,(H2,32,40)(H,35,41). The monoisotopic (exact) mass is 569 g/mol. The number of hydrogen-bond acceptors (Lipinski definition) is 7. The summed E-state index contributed by atoms with van der Waals surface area (Å²) in [6.07, 6.45) is 3.43. The number of rotatable bonds is 7. The van der Waals surface area contributed by atoms with Gasteiger partial charge in [-0.1, -0.05) is 18.2 Å². The van der Waals surface area contributed by atoms with Crippen LogP contribution in [-0.2, 0) is 22.6 Å². The first kappa shape index (κ1) is 26.1. The summed E-state index contributed by atoms with van der Waals surface area (Å²) in [6, 6.07) is 12.2. The molecule has 2 aromatic carbocycles. The molecule has 11 nitrogen and oxygen atoms in total. The van der Waals surface area contributed by atoms with Crippen molar-refractivity contribution in [3.63, 3.8) is 0 Å². The van der Waals surface area contributed by atoms with Crippen molar-refractivity contribution in [1.29, 1.82) is 0 Å². The van der Waals surface area contributed by atoms with Gasteiger partial charge in [-0.05, 0) is 47.4 Å². The topological polar surface area (TPSA) is 145 Å². The average molecular weight is 570 g/mol. The van der Waals surface area contributed by atoms with Gasteiger partial charge in [-0.25, -0.2) is 4.39 Å². The molecule has 7 rings (SSSR count). The molecular formula is C30H28FN7O4. The number of halogens is 1. The van der Waals surface area contributed by atoms with E-state index < -0.39 is 24.0 Å². The summed E-state index contributed by atoms with van der Waals surface area (Å²) in [7, 11) is 0. The van der Waals surface area contributed by atoms with Gasteiger partial charge < -0.3 is 20.7 Å². The van der Waals surface area contributed by atoms with Gasteiger partial charge in [0.25, 0.3) is 5.91 Å². The lowest BCUT2D eigenvalue weighted by atomic mass is 10.0. The second-order valence-electron chi connectivity index (χ2n) is 11.1. The van der Waals surface area contributed by atoms with Crippen molar-refractivity contribution in [2.24, 2.45) is 5.73 Å². The van der Waals surface area contributed by atoms with E-state index in [1.165, 1.54) is 15.1 Å². The van der Waals surface area contributed by atoms with Crippen LogP contribution < -0.4 is 15.8 Å². The minimum absolute atomic E-state index is 0.0126. The highest BCUT2D eigenvalue weighted by molar-refractivity contribution is 6.05. The fourth-order valence-electron chi connectivity index (χ4n) is 6.09. The molecule has 3 amide bonds. The largest absolute Gasteiger partial charge is 0.493 e. The lowest BCUT2D eigenvalue weighted by molar-refractivity contribution is -0.139. The van der Waals surface area contributed by atoms with Crippen molar-refractivity contribution < 1.29 is 23.5 Å². The predicted octanol–water partition coefficient (Wildman–Crippen LogP) is 2.14. The maximum atomic E-state index is 14.6.